The molecule has 0 N–H and O–H groups in total. The van der Waals surface area contributed by atoms with Gasteiger partial charge >= 0.3 is 5.97 Å². The van der Waals surface area contributed by atoms with Crippen molar-refractivity contribution in [1.82, 2.24) is 4.90 Å². The molecule has 3 rings (SSSR count). The molecule has 0 bridgehead atoms. The third-order valence-corrected chi connectivity index (χ3v) is 6.24. The smallest absolute Gasteiger partial charge is 0.312 e. The number of piperidine rings is 1. The van der Waals surface area contributed by atoms with Gasteiger partial charge < -0.3 is 14.5 Å². The van der Waals surface area contributed by atoms with Gasteiger partial charge in [-0.15, -0.1) is 0 Å². The van der Waals surface area contributed by atoms with Crippen LogP contribution >= 0.6 is 0 Å². The number of methoxy groups -OCH3 is 1. The molecule has 0 saturated carbocycles. The lowest BCUT2D eigenvalue weighted by Crippen LogP contribution is -2.56. The number of nitrogens with zero attached hydrogens (tertiary/aromatic N) is 2. The van der Waals surface area contributed by atoms with Crippen molar-refractivity contribution in [3.05, 3.63) is 42.0 Å². The van der Waals surface area contributed by atoms with Gasteiger partial charge in [0, 0.05) is 31.7 Å². The quantitative estimate of drug-likeness (QED) is 0.511. The van der Waals surface area contributed by atoms with Crippen molar-refractivity contribution in [1.29, 1.82) is 0 Å². The van der Waals surface area contributed by atoms with Gasteiger partial charge in [-0.05, 0) is 50.7 Å². The molecule has 158 valence electrons. The zero-order valence-corrected chi connectivity index (χ0v) is 17.8. The summed E-state index contributed by atoms with van der Waals surface area (Å²) >= 11 is 0. The number of benzene rings is 1. The number of carbonyl (C=O) groups is 2. The number of ether oxygens (including phenoxy) is 1. The van der Waals surface area contributed by atoms with Crippen LogP contribution in [0.2, 0.25) is 0 Å². The van der Waals surface area contributed by atoms with Crippen LogP contribution in [0.5, 0.6) is 0 Å². The van der Waals surface area contributed by atoms with Crippen LogP contribution in [0.4, 0.5) is 5.69 Å². The Hall–Kier alpha value is -2.14. The van der Waals surface area contributed by atoms with Gasteiger partial charge in [0.25, 0.3) is 0 Å². The second kappa shape index (κ2) is 10.6. The van der Waals surface area contributed by atoms with Gasteiger partial charge in [0.2, 0.25) is 5.91 Å². The second-order valence-corrected chi connectivity index (χ2v) is 8.10. The maximum atomic E-state index is 12.8. The molecule has 1 heterocycles. The van der Waals surface area contributed by atoms with Gasteiger partial charge in [-0.1, -0.05) is 36.8 Å². The molecule has 2 atom stereocenters. The van der Waals surface area contributed by atoms with Crippen LogP contribution in [0.15, 0.2) is 42.0 Å². The number of esters is 1. The van der Waals surface area contributed by atoms with E-state index in [-0.39, 0.29) is 23.8 Å². The molecule has 2 aliphatic rings. The predicted molar refractivity (Wildman–Crippen MR) is 116 cm³/mol. The number of hydrogen-bond donors (Lipinski definition) is 0. The highest BCUT2D eigenvalue weighted by Gasteiger charge is 2.40. The van der Waals surface area contributed by atoms with Crippen molar-refractivity contribution >= 4 is 17.6 Å². The first-order valence-corrected chi connectivity index (χ1v) is 11.0. The van der Waals surface area contributed by atoms with Crippen LogP contribution in [0.25, 0.3) is 0 Å². The zero-order valence-electron chi connectivity index (χ0n) is 17.8. The minimum absolute atomic E-state index is 0.0518. The average Bonchev–Trinajstić information content (AvgIpc) is 2.79. The lowest BCUT2D eigenvalue weighted by atomic mass is 9.89. The Balaban J connectivity index is 1.74. The van der Waals surface area contributed by atoms with Gasteiger partial charge in [0.1, 0.15) is 0 Å². The molecule has 2 unspecified atom stereocenters. The fraction of sp³-hybridized carbons (Fsp3) is 0.583. The highest BCUT2D eigenvalue weighted by molar-refractivity contribution is 5.94. The molecule has 0 radical (unpaired) electrons. The predicted octanol–water partition coefficient (Wildman–Crippen LogP) is 4.18. The Morgan fingerprint density at radius 1 is 1.21 bits per heavy atom. The average molecular weight is 399 g/mol. The van der Waals surface area contributed by atoms with E-state index in [0.717, 1.165) is 31.6 Å². The topological polar surface area (TPSA) is 49.9 Å². The second-order valence-electron chi connectivity index (χ2n) is 8.10. The summed E-state index contributed by atoms with van der Waals surface area (Å²) in [6.45, 7) is 4.38. The summed E-state index contributed by atoms with van der Waals surface area (Å²) in [6, 6.07) is 9.55. The number of amides is 1. The maximum absolute atomic E-state index is 12.8. The van der Waals surface area contributed by atoms with E-state index in [1.165, 1.54) is 32.8 Å². The highest BCUT2D eigenvalue weighted by Crippen LogP contribution is 2.30. The molecule has 1 aliphatic heterocycles. The number of likely N-dealkylation sites (tertiary alicyclic amines) is 1. The molecule has 1 fully saturated rings. The molecule has 1 aromatic carbocycles. The molecular weight excluding hydrogens is 364 g/mol. The van der Waals surface area contributed by atoms with E-state index in [1.807, 2.05) is 42.2 Å². The van der Waals surface area contributed by atoms with Crippen LogP contribution < -0.4 is 4.90 Å². The number of allylic oxidation sites excluding steroid dienone is 1. The molecule has 1 saturated heterocycles. The summed E-state index contributed by atoms with van der Waals surface area (Å²) in [4.78, 5) is 29.7. The lowest BCUT2D eigenvalue weighted by Gasteiger charge is -2.42. The molecule has 5 heteroatoms. The third kappa shape index (κ3) is 5.47. The molecule has 29 heavy (non-hydrogen) atoms. The van der Waals surface area contributed by atoms with E-state index in [2.05, 4.69) is 11.0 Å². The Labute approximate surface area is 174 Å². The Kier molecular flexibility index (Phi) is 7.87. The Morgan fingerprint density at radius 2 is 2.00 bits per heavy atom. The number of anilines is 1. The van der Waals surface area contributed by atoms with Crippen molar-refractivity contribution < 1.29 is 14.3 Å². The zero-order chi connectivity index (χ0) is 20.6. The van der Waals surface area contributed by atoms with E-state index in [0.29, 0.717) is 13.0 Å². The van der Waals surface area contributed by atoms with E-state index >= 15 is 0 Å². The first kappa shape index (κ1) is 21.6. The number of rotatable bonds is 7. The standard InChI is InChI=1S/C24H34N2O3/c1-3-23(27)26(20-12-8-5-9-13-20)22-15-17-25(18-21(22)24(28)29-2)16-14-19-10-6-4-7-11-19/h5,8-10,12-13,21-22H,3-4,6-7,11,14-18H2,1-2H3. The number of para-hydroxylation sites is 1. The van der Waals surface area contributed by atoms with Crippen molar-refractivity contribution in [3.8, 4) is 0 Å². The first-order valence-electron chi connectivity index (χ1n) is 11.0. The molecule has 0 aromatic heterocycles. The molecule has 1 aliphatic carbocycles. The fourth-order valence-corrected chi connectivity index (χ4v) is 4.62. The summed E-state index contributed by atoms with van der Waals surface area (Å²) in [5, 5.41) is 0. The normalized spacial score (nSPS) is 22.6. The summed E-state index contributed by atoms with van der Waals surface area (Å²) in [6.07, 6.45) is 9.68. The summed E-state index contributed by atoms with van der Waals surface area (Å²) in [5.74, 6) is -0.498. The first-order chi connectivity index (χ1) is 14.1. The van der Waals surface area contributed by atoms with Crippen molar-refractivity contribution in [2.45, 2.75) is 57.9 Å². The van der Waals surface area contributed by atoms with E-state index in [9.17, 15) is 9.59 Å². The van der Waals surface area contributed by atoms with Crippen LogP contribution in [-0.4, -0.2) is 49.6 Å². The lowest BCUT2D eigenvalue weighted by molar-refractivity contribution is -0.148. The Bertz CT molecular complexity index is 716. The largest absolute Gasteiger partial charge is 0.469 e. The van der Waals surface area contributed by atoms with E-state index < -0.39 is 0 Å². The van der Waals surface area contributed by atoms with Crippen LogP contribution in [-0.2, 0) is 14.3 Å². The minimum atomic E-state index is -0.329. The molecule has 1 amide bonds. The number of carbonyl (C=O) groups excluding carboxylic acids is 2. The minimum Gasteiger partial charge on any atom is -0.469 e. The van der Waals surface area contributed by atoms with Gasteiger partial charge in [-0.2, -0.15) is 0 Å². The monoisotopic (exact) mass is 398 g/mol. The van der Waals surface area contributed by atoms with Gasteiger partial charge in [0.15, 0.2) is 0 Å². The SMILES string of the molecule is CCC(=O)N(c1ccccc1)C1CCN(CCC2=CCCCC2)CC1C(=O)OC. The van der Waals surface area contributed by atoms with Crippen LogP contribution in [0, 0.1) is 5.92 Å². The number of hydrogen-bond acceptors (Lipinski definition) is 4. The van der Waals surface area contributed by atoms with Crippen molar-refractivity contribution in [2.24, 2.45) is 5.92 Å². The molecular formula is C24H34N2O3. The molecule has 5 nitrogen and oxygen atoms in total. The van der Waals surface area contributed by atoms with Crippen molar-refractivity contribution in [2.75, 3.05) is 31.6 Å². The van der Waals surface area contributed by atoms with Gasteiger partial charge in [-0.25, -0.2) is 0 Å². The Morgan fingerprint density at radius 3 is 2.66 bits per heavy atom. The third-order valence-electron chi connectivity index (χ3n) is 6.24. The molecule has 0 spiro atoms. The van der Waals surface area contributed by atoms with E-state index in [1.54, 1.807) is 5.57 Å². The maximum Gasteiger partial charge on any atom is 0.312 e. The van der Waals surface area contributed by atoms with Crippen molar-refractivity contribution in [3.63, 3.8) is 0 Å². The fourth-order valence-electron chi connectivity index (χ4n) is 4.62. The summed E-state index contributed by atoms with van der Waals surface area (Å²) in [5.41, 5.74) is 2.42. The van der Waals surface area contributed by atoms with Gasteiger partial charge in [-0.3, -0.25) is 9.59 Å². The highest BCUT2D eigenvalue weighted by atomic mass is 16.5. The van der Waals surface area contributed by atoms with Gasteiger partial charge in [0.05, 0.1) is 19.1 Å². The van der Waals surface area contributed by atoms with E-state index in [4.69, 9.17) is 4.74 Å². The van der Waals surface area contributed by atoms with Crippen LogP contribution in [0.3, 0.4) is 0 Å². The van der Waals surface area contributed by atoms with Crippen LogP contribution in [0.1, 0.15) is 51.9 Å². The summed E-state index contributed by atoms with van der Waals surface area (Å²) in [7, 11) is 1.44. The summed E-state index contributed by atoms with van der Waals surface area (Å²) < 4.78 is 5.15. The molecule has 1 aromatic rings.